The van der Waals surface area contributed by atoms with E-state index < -0.39 is 46.6 Å². The Morgan fingerprint density at radius 3 is 1.96 bits per heavy atom. The Labute approximate surface area is 127 Å². The molecule has 0 aromatic heterocycles. The SMILES string of the molecule is O=C(Nc1c(F)c(F)c(F)c(F)c1F)[C@@H]1C[C@@H]1c1ccccc1. The van der Waals surface area contributed by atoms with Gasteiger partial charge in [0.15, 0.2) is 23.3 Å². The highest BCUT2D eigenvalue weighted by atomic mass is 19.2. The first-order valence-corrected chi connectivity index (χ1v) is 6.79. The summed E-state index contributed by atoms with van der Waals surface area (Å²) in [5, 5.41) is 1.81. The summed E-state index contributed by atoms with van der Waals surface area (Å²) in [7, 11) is 0. The van der Waals surface area contributed by atoms with Crippen LogP contribution >= 0.6 is 0 Å². The van der Waals surface area contributed by atoms with E-state index in [2.05, 4.69) is 0 Å². The summed E-state index contributed by atoms with van der Waals surface area (Å²) in [6, 6.07) is 8.97. The molecule has 0 saturated heterocycles. The van der Waals surface area contributed by atoms with Crippen LogP contribution in [0.15, 0.2) is 30.3 Å². The van der Waals surface area contributed by atoms with Gasteiger partial charge in [0, 0.05) is 5.92 Å². The van der Waals surface area contributed by atoms with Crippen LogP contribution in [-0.2, 0) is 4.79 Å². The molecule has 23 heavy (non-hydrogen) atoms. The Morgan fingerprint density at radius 1 is 0.870 bits per heavy atom. The number of rotatable bonds is 3. The quantitative estimate of drug-likeness (QED) is 0.513. The molecule has 2 atom stereocenters. The second-order valence-corrected chi connectivity index (χ2v) is 5.29. The van der Waals surface area contributed by atoms with Crippen LogP contribution in [0.1, 0.15) is 17.9 Å². The lowest BCUT2D eigenvalue weighted by Crippen LogP contribution is -2.18. The molecule has 0 heterocycles. The lowest BCUT2D eigenvalue weighted by Gasteiger charge is -2.09. The van der Waals surface area contributed by atoms with Gasteiger partial charge in [-0.2, -0.15) is 0 Å². The first-order chi connectivity index (χ1) is 10.9. The van der Waals surface area contributed by atoms with Crippen LogP contribution in [0, 0.1) is 35.0 Å². The fraction of sp³-hybridized carbons (Fsp3) is 0.188. The topological polar surface area (TPSA) is 29.1 Å². The fourth-order valence-electron chi connectivity index (χ4n) is 2.48. The van der Waals surface area contributed by atoms with Crippen LogP contribution in [0.4, 0.5) is 27.6 Å². The van der Waals surface area contributed by atoms with Gasteiger partial charge >= 0.3 is 0 Å². The first-order valence-electron chi connectivity index (χ1n) is 6.79. The molecule has 1 aliphatic carbocycles. The number of anilines is 1. The number of benzene rings is 2. The van der Waals surface area contributed by atoms with Gasteiger partial charge in [-0.15, -0.1) is 0 Å². The van der Waals surface area contributed by atoms with E-state index in [1.807, 2.05) is 5.32 Å². The lowest BCUT2D eigenvalue weighted by atomic mass is 10.1. The molecule has 3 rings (SSSR count). The van der Waals surface area contributed by atoms with Gasteiger partial charge in [-0.25, -0.2) is 22.0 Å². The van der Waals surface area contributed by atoms with Crippen molar-refractivity contribution in [2.75, 3.05) is 5.32 Å². The zero-order chi connectivity index (χ0) is 16.7. The van der Waals surface area contributed by atoms with Crippen LogP contribution in [0.5, 0.6) is 0 Å². The molecule has 2 aromatic rings. The molecule has 120 valence electrons. The van der Waals surface area contributed by atoms with Crippen molar-refractivity contribution in [2.24, 2.45) is 5.92 Å². The Hall–Kier alpha value is -2.44. The normalized spacial score (nSPS) is 19.5. The molecule has 1 aliphatic rings. The molecule has 2 nitrogen and oxygen atoms in total. The monoisotopic (exact) mass is 327 g/mol. The van der Waals surface area contributed by atoms with Gasteiger partial charge < -0.3 is 5.32 Å². The van der Waals surface area contributed by atoms with Gasteiger partial charge in [-0.3, -0.25) is 4.79 Å². The molecule has 0 radical (unpaired) electrons. The summed E-state index contributed by atoms with van der Waals surface area (Å²) in [4.78, 5) is 12.0. The average molecular weight is 327 g/mol. The van der Waals surface area contributed by atoms with Crippen LogP contribution < -0.4 is 5.32 Å². The Morgan fingerprint density at radius 2 is 1.39 bits per heavy atom. The Bertz CT molecular complexity index is 749. The van der Waals surface area contributed by atoms with E-state index in [9.17, 15) is 26.7 Å². The highest BCUT2D eigenvalue weighted by Gasteiger charge is 2.44. The van der Waals surface area contributed by atoms with Crippen molar-refractivity contribution in [3.63, 3.8) is 0 Å². The number of amides is 1. The molecule has 1 saturated carbocycles. The van der Waals surface area contributed by atoms with E-state index in [0.29, 0.717) is 6.42 Å². The van der Waals surface area contributed by atoms with E-state index in [-0.39, 0.29) is 5.92 Å². The predicted octanol–water partition coefficient (Wildman–Crippen LogP) is 4.12. The summed E-state index contributed by atoms with van der Waals surface area (Å²) in [6.07, 6.45) is 0.450. The molecule has 2 aromatic carbocycles. The minimum Gasteiger partial charge on any atom is -0.321 e. The number of carbonyl (C=O) groups excluding carboxylic acids is 1. The molecule has 0 bridgehead atoms. The van der Waals surface area contributed by atoms with Gasteiger partial charge in [0.2, 0.25) is 11.7 Å². The average Bonchev–Trinajstić information content (AvgIpc) is 3.36. The number of nitrogens with one attached hydrogen (secondary N) is 1. The minimum atomic E-state index is -2.26. The van der Waals surface area contributed by atoms with E-state index in [1.54, 1.807) is 30.3 Å². The van der Waals surface area contributed by atoms with Gasteiger partial charge in [0.25, 0.3) is 0 Å². The molecule has 0 spiro atoms. The summed E-state index contributed by atoms with van der Waals surface area (Å²) >= 11 is 0. The highest BCUT2D eigenvalue weighted by Crippen LogP contribution is 2.48. The maximum Gasteiger partial charge on any atom is 0.228 e. The zero-order valence-corrected chi connectivity index (χ0v) is 11.5. The van der Waals surface area contributed by atoms with Crippen LogP contribution in [0.25, 0.3) is 0 Å². The summed E-state index contributed by atoms with van der Waals surface area (Å²) in [5.74, 6) is -12.0. The zero-order valence-electron chi connectivity index (χ0n) is 11.5. The smallest absolute Gasteiger partial charge is 0.228 e. The summed E-state index contributed by atoms with van der Waals surface area (Å²) in [6.45, 7) is 0. The summed E-state index contributed by atoms with van der Waals surface area (Å²) in [5.41, 5.74) is -0.435. The third-order valence-electron chi connectivity index (χ3n) is 3.81. The van der Waals surface area contributed by atoms with Crippen molar-refractivity contribution >= 4 is 11.6 Å². The maximum atomic E-state index is 13.5. The number of hydrogen-bond donors (Lipinski definition) is 1. The molecular weight excluding hydrogens is 317 g/mol. The molecule has 1 N–H and O–H groups in total. The van der Waals surface area contributed by atoms with Crippen molar-refractivity contribution in [3.05, 3.63) is 65.0 Å². The third-order valence-corrected chi connectivity index (χ3v) is 3.81. The summed E-state index contributed by atoms with van der Waals surface area (Å²) < 4.78 is 66.2. The largest absolute Gasteiger partial charge is 0.321 e. The maximum absolute atomic E-state index is 13.5. The number of carbonyl (C=O) groups is 1. The molecule has 0 unspecified atom stereocenters. The second-order valence-electron chi connectivity index (χ2n) is 5.29. The van der Waals surface area contributed by atoms with Crippen molar-refractivity contribution in [1.29, 1.82) is 0 Å². The van der Waals surface area contributed by atoms with Crippen molar-refractivity contribution in [1.82, 2.24) is 0 Å². The number of hydrogen-bond acceptors (Lipinski definition) is 1. The van der Waals surface area contributed by atoms with Gasteiger partial charge in [0.05, 0.1) is 0 Å². The van der Waals surface area contributed by atoms with Gasteiger partial charge in [-0.1, -0.05) is 30.3 Å². The van der Waals surface area contributed by atoms with E-state index in [4.69, 9.17) is 0 Å². The van der Waals surface area contributed by atoms with E-state index >= 15 is 0 Å². The standard InChI is InChI=1S/C16H10F5NO/c17-10-11(18)13(20)15(14(21)12(10)19)22-16(23)9-6-8(9)7-4-2-1-3-5-7/h1-5,8-9H,6H2,(H,22,23)/t8-,9-/m1/s1. The molecule has 1 amide bonds. The third kappa shape index (κ3) is 2.67. The lowest BCUT2D eigenvalue weighted by molar-refractivity contribution is -0.117. The molecular formula is C16H10F5NO. The second kappa shape index (κ2) is 5.64. The fourth-order valence-corrected chi connectivity index (χ4v) is 2.48. The molecule has 1 fully saturated rings. The van der Waals surface area contributed by atoms with Crippen LogP contribution in [-0.4, -0.2) is 5.91 Å². The first kappa shape index (κ1) is 15.5. The Balaban J connectivity index is 1.80. The van der Waals surface area contributed by atoms with Gasteiger partial charge in [-0.05, 0) is 17.9 Å². The van der Waals surface area contributed by atoms with Crippen molar-refractivity contribution < 1.29 is 26.7 Å². The minimum absolute atomic E-state index is 0.127. The van der Waals surface area contributed by atoms with Crippen LogP contribution in [0.2, 0.25) is 0 Å². The van der Waals surface area contributed by atoms with E-state index in [1.165, 1.54) is 0 Å². The van der Waals surface area contributed by atoms with Gasteiger partial charge in [0.1, 0.15) is 5.69 Å². The van der Waals surface area contributed by atoms with Crippen molar-refractivity contribution in [2.45, 2.75) is 12.3 Å². The van der Waals surface area contributed by atoms with E-state index in [0.717, 1.165) is 5.56 Å². The Kier molecular flexibility index (Phi) is 3.79. The van der Waals surface area contributed by atoms with Crippen LogP contribution in [0.3, 0.4) is 0 Å². The van der Waals surface area contributed by atoms with Crippen molar-refractivity contribution in [3.8, 4) is 0 Å². The molecule has 7 heteroatoms. The number of halogens is 5. The predicted molar refractivity (Wildman–Crippen MR) is 72.2 cm³/mol. The molecule has 0 aliphatic heterocycles. The highest BCUT2D eigenvalue weighted by molar-refractivity contribution is 5.95.